The van der Waals surface area contributed by atoms with Crippen LogP contribution in [0.15, 0.2) is 83.8 Å². The minimum atomic E-state index is -3.92. The van der Waals surface area contributed by atoms with Crippen molar-refractivity contribution in [3.05, 3.63) is 118 Å². The number of fused-ring (bicyclic) bond motifs is 1. The van der Waals surface area contributed by atoms with Gasteiger partial charge in [0, 0.05) is 44.1 Å². The summed E-state index contributed by atoms with van der Waals surface area (Å²) < 4.78 is 43.8. The first-order valence-corrected chi connectivity index (χ1v) is 17.9. The number of aryl methyl sites for hydroxylation is 1. The van der Waals surface area contributed by atoms with Gasteiger partial charge in [-0.2, -0.15) is 4.31 Å². The SMILES string of the molecule is COc1cc(C)c(S(=O)(=O)N(CCOCC(=O)N2CCn3c(CN(C)C)ccc3C2Cc2ccccc2)Cc2ccccc2)c(C)c1C. The van der Waals surface area contributed by atoms with Gasteiger partial charge in [-0.05, 0) is 87.3 Å². The lowest BCUT2D eigenvalue weighted by atomic mass is 10.00. The summed E-state index contributed by atoms with van der Waals surface area (Å²) >= 11 is 0. The molecule has 10 heteroatoms. The maximum absolute atomic E-state index is 14.3. The lowest BCUT2D eigenvalue weighted by molar-refractivity contribution is -0.139. The van der Waals surface area contributed by atoms with Crippen LogP contribution in [0, 0.1) is 20.8 Å². The zero-order valence-corrected chi connectivity index (χ0v) is 29.8. The summed E-state index contributed by atoms with van der Waals surface area (Å²) in [4.78, 5) is 18.1. The number of carbonyl (C=O) groups excluding carboxylic acids is 1. The molecule has 0 N–H and O–H groups in total. The third-order valence-electron chi connectivity index (χ3n) is 9.17. The Hall–Kier alpha value is -3.96. The number of rotatable bonds is 14. The first-order valence-electron chi connectivity index (χ1n) is 16.4. The number of ether oxygens (including phenoxy) is 2. The molecular weight excluding hydrogens is 625 g/mol. The van der Waals surface area contributed by atoms with Crippen LogP contribution in [-0.2, 0) is 45.6 Å². The van der Waals surface area contributed by atoms with Gasteiger partial charge in [-0.1, -0.05) is 60.7 Å². The van der Waals surface area contributed by atoms with Gasteiger partial charge in [0.2, 0.25) is 15.9 Å². The van der Waals surface area contributed by atoms with Crippen LogP contribution in [0.4, 0.5) is 0 Å². The molecule has 0 fully saturated rings. The molecule has 1 amide bonds. The minimum Gasteiger partial charge on any atom is -0.496 e. The summed E-state index contributed by atoms with van der Waals surface area (Å²) in [6, 6.07) is 25.7. The lowest BCUT2D eigenvalue weighted by Crippen LogP contribution is -2.45. The van der Waals surface area contributed by atoms with Crippen LogP contribution >= 0.6 is 0 Å². The van der Waals surface area contributed by atoms with E-state index in [-0.39, 0.29) is 43.1 Å². The van der Waals surface area contributed by atoms with E-state index in [1.807, 2.05) is 67.3 Å². The van der Waals surface area contributed by atoms with Crippen molar-refractivity contribution in [3.63, 3.8) is 0 Å². The summed E-state index contributed by atoms with van der Waals surface area (Å²) in [5, 5.41) is 0. The average molecular weight is 673 g/mol. The number of nitrogens with zero attached hydrogens (tertiary/aromatic N) is 4. The van der Waals surface area contributed by atoms with Crippen LogP contribution < -0.4 is 4.74 Å². The highest BCUT2D eigenvalue weighted by Gasteiger charge is 2.33. The van der Waals surface area contributed by atoms with Gasteiger partial charge in [0.25, 0.3) is 0 Å². The molecule has 9 nitrogen and oxygen atoms in total. The van der Waals surface area contributed by atoms with E-state index >= 15 is 0 Å². The van der Waals surface area contributed by atoms with Gasteiger partial charge in [0.1, 0.15) is 12.4 Å². The second-order valence-corrected chi connectivity index (χ2v) is 14.7. The number of methoxy groups -OCH3 is 1. The quantitative estimate of drug-likeness (QED) is 0.164. The second kappa shape index (κ2) is 15.5. The Bertz CT molecular complexity index is 1810. The Labute approximate surface area is 285 Å². The summed E-state index contributed by atoms with van der Waals surface area (Å²) in [5.41, 5.74) is 6.45. The maximum atomic E-state index is 14.3. The topological polar surface area (TPSA) is 84.3 Å². The van der Waals surface area contributed by atoms with E-state index in [0.717, 1.165) is 28.9 Å². The van der Waals surface area contributed by atoms with Crippen LogP contribution in [0.3, 0.4) is 0 Å². The zero-order valence-electron chi connectivity index (χ0n) is 29.0. The van der Waals surface area contributed by atoms with Crippen LogP contribution in [0.25, 0.3) is 0 Å². The predicted octanol–water partition coefficient (Wildman–Crippen LogP) is 5.52. The van der Waals surface area contributed by atoms with E-state index in [2.05, 4.69) is 47.8 Å². The number of aromatic nitrogens is 1. The van der Waals surface area contributed by atoms with Gasteiger partial charge in [-0.25, -0.2) is 8.42 Å². The molecule has 1 aliphatic heterocycles. The number of hydrogen-bond acceptors (Lipinski definition) is 6. The van der Waals surface area contributed by atoms with Gasteiger partial charge in [-0.3, -0.25) is 4.79 Å². The van der Waals surface area contributed by atoms with Gasteiger partial charge in [-0.15, -0.1) is 0 Å². The molecular formula is C38H48N4O5S. The highest BCUT2D eigenvalue weighted by Crippen LogP contribution is 2.34. The monoisotopic (exact) mass is 672 g/mol. The Balaban J connectivity index is 1.32. The third-order valence-corrected chi connectivity index (χ3v) is 11.3. The van der Waals surface area contributed by atoms with E-state index in [9.17, 15) is 13.2 Å². The van der Waals surface area contributed by atoms with Gasteiger partial charge >= 0.3 is 0 Å². The van der Waals surface area contributed by atoms with Gasteiger partial charge in [0.15, 0.2) is 0 Å². The fourth-order valence-electron chi connectivity index (χ4n) is 6.67. The normalized spacial score (nSPS) is 14.8. The number of carbonyl (C=O) groups is 1. The molecule has 1 aromatic heterocycles. The van der Waals surface area contributed by atoms with Crippen molar-refractivity contribution in [2.24, 2.45) is 0 Å². The maximum Gasteiger partial charge on any atom is 0.249 e. The lowest BCUT2D eigenvalue weighted by Gasteiger charge is -2.38. The molecule has 1 aliphatic rings. The number of benzene rings is 3. The first kappa shape index (κ1) is 35.3. The molecule has 5 rings (SSSR count). The Morgan fingerprint density at radius 1 is 0.875 bits per heavy atom. The Morgan fingerprint density at radius 3 is 2.19 bits per heavy atom. The molecule has 48 heavy (non-hydrogen) atoms. The molecule has 3 aromatic carbocycles. The van der Waals surface area contributed by atoms with E-state index in [1.165, 1.54) is 10.00 Å². The van der Waals surface area contributed by atoms with Crippen LogP contribution in [-0.4, -0.2) is 80.5 Å². The molecule has 0 saturated heterocycles. The molecule has 0 aliphatic carbocycles. The van der Waals surface area contributed by atoms with Crippen molar-refractivity contribution in [3.8, 4) is 5.75 Å². The molecule has 0 saturated carbocycles. The Kier molecular flexibility index (Phi) is 11.4. The summed E-state index contributed by atoms with van der Waals surface area (Å²) in [6.07, 6.45) is 0.696. The standard InChI is InChI=1S/C38H48N4O5S/c1-28-23-36(46-6)29(2)30(3)38(28)48(44,45)40(25-32-15-11-8-12-16-32)21-22-47-27-37(43)42-20-19-41-33(26-39(4)5)17-18-34(41)35(42)24-31-13-9-7-10-14-31/h7-18,23,35H,19-22,24-27H2,1-6H3. The third kappa shape index (κ3) is 7.84. The zero-order chi connectivity index (χ0) is 34.4. The largest absolute Gasteiger partial charge is 0.496 e. The molecule has 0 spiro atoms. The van der Waals surface area contributed by atoms with Crippen molar-refractivity contribution >= 4 is 15.9 Å². The molecule has 1 atom stereocenters. The van der Waals surface area contributed by atoms with Crippen molar-refractivity contribution in [2.45, 2.75) is 57.8 Å². The van der Waals surface area contributed by atoms with Gasteiger partial charge in [0.05, 0.1) is 24.7 Å². The molecule has 1 unspecified atom stereocenters. The molecule has 0 bridgehead atoms. The predicted molar refractivity (Wildman–Crippen MR) is 188 cm³/mol. The molecule has 0 radical (unpaired) electrons. The number of hydrogen-bond donors (Lipinski definition) is 0. The van der Waals surface area contributed by atoms with E-state index in [0.29, 0.717) is 36.4 Å². The highest BCUT2D eigenvalue weighted by molar-refractivity contribution is 7.89. The van der Waals surface area contributed by atoms with Crippen LogP contribution in [0.2, 0.25) is 0 Å². The van der Waals surface area contributed by atoms with E-state index in [1.54, 1.807) is 20.1 Å². The van der Waals surface area contributed by atoms with E-state index in [4.69, 9.17) is 9.47 Å². The highest BCUT2D eigenvalue weighted by atomic mass is 32.2. The number of amides is 1. The van der Waals surface area contributed by atoms with Crippen molar-refractivity contribution in [1.82, 2.24) is 18.7 Å². The van der Waals surface area contributed by atoms with Crippen molar-refractivity contribution < 1.29 is 22.7 Å². The fourth-order valence-corrected chi connectivity index (χ4v) is 8.56. The molecule has 2 heterocycles. The molecule has 256 valence electrons. The smallest absolute Gasteiger partial charge is 0.249 e. The van der Waals surface area contributed by atoms with Gasteiger partial charge < -0.3 is 23.8 Å². The average Bonchev–Trinajstić information content (AvgIpc) is 3.47. The Morgan fingerprint density at radius 2 is 1.54 bits per heavy atom. The summed E-state index contributed by atoms with van der Waals surface area (Å²) in [6.45, 7) is 7.82. The summed E-state index contributed by atoms with van der Waals surface area (Å²) in [5.74, 6) is 0.553. The summed E-state index contributed by atoms with van der Waals surface area (Å²) in [7, 11) is 1.79. The number of sulfonamides is 1. The minimum absolute atomic E-state index is 0.0750. The van der Waals surface area contributed by atoms with Crippen molar-refractivity contribution in [2.75, 3.05) is 47.5 Å². The van der Waals surface area contributed by atoms with Crippen molar-refractivity contribution in [1.29, 1.82) is 0 Å². The van der Waals surface area contributed by atoms with Crippen LogP contribution in [0.5, 0.6) is 5.75 Å². The first-order chi connectivity index (χ1) is 23.0. The fraction of sp³-hybridized carbons (Fsp3) is 0.395. The van der Waals surface area contributed by atoms with E-state index < -0.39 is 10.0 Å². The second-order valence-electron chi connectivity index (χ2n) is 12.8. The van der Waals surface area contributed by atoms with Crippen LogP contribution in [0.1, 0.15) is 45.2 Å². The molecule has 4 aromatic rings.